The van der Waals surface area contributed by atoms with E-state index in [1.807, 2.05) is 0 Å². The second kappa shape index (κ2) is 13.2. The first-order valence-corrected chi connectivity index (χ1v) is 7.82. The third-order valence-electron chi connectivity index (χ3n) is 3.29. The van der Waals surface area contributed by atoms with E-state index in [4.69, 9.17) is 0 Å². The third kappa shape index (κ3) is 9.75. The first-order valence-electron chi connectivity index (χ1n) is 7.82. The van der Waals surface area contributed by atoms with Gasteiger partial charge < -0.3 is 9.47 Å². The molecule has 0 aliphatic rings. The van der Waals surface area contributed by atoms with Crippen molar-refractivity contribution < 1.29 is 84.9 Å². The summed E-state index contributed by atoms with van der Waals surface area (Å²) in [5.41, 5.74) is -4.92. The molecule has 0 rings (SSSR count). The molecule has 0 radical (unpaired) electrons. The number of halogens is 15. The molecule has 0 aromatic heterocycles. The van der Waals surface area contributed by atoms with Gasteiger partial charge >= 0.3 is 30.5 Å². The maximum absolute atomic E-state index is 12.7. The van der Waals surface area contributed by atoms with Gasteiger partial charge in [0.05, 0.1) is 7.18 Å². The molecule has 0 saturated carbocycles. The maximum atomic E-state index is 12.7. The van der Waals surface area contributed by atoms with Crippen molar-refractivity contribution >= 4 is 5.97 Å². The fraction of sp³-hybridized carbons (Fsp3) is 0.800. The SMILES string of the molecule is C=CC(=O)OCC(F)(F)OC(F)(F)C(F)(F)OC.CC(F)(F)C(CF)(C(F)F)C(F)(F)F.CF. The highest BCUT2D eigenvalue weighted by molar-refractivity contribution is 5.81. The molecule has 4 nitrogen and oxygen atoms in total. The minimum absolute atomic E-state index is 0.174. The van der Waals surface area contributed by atoms with Crippen LogP contribution in [0.5, 0.6) is 0 Å². The second-order valence-corrected chi connectivity index (χ2v) is 5.58. The van der Waals surface area contributed by atoms with Crippen molar-refractivity contribution in [2.75, 3.05) is 27.6 Å². The fourth-order valence-corrected chi connectivity index (χ4v) is 1.42. The second-order valence-electron chi connectivity index (χ2n) is 5.58. The highest BCUT2D eigenvalue weighted by Gasteiger charge is 2.73. The first kappa shape index (κ1) is 36.6. The molecule has 0 heterocycles. The van der Waals surface area contributed by atoms with E-state index in [0.29, 0.717) is 13.3 Å². The van der Waals surface area contributed by atoms with Gasteiger partial charge in [-0.05, 0) is 0 Å². The normalized spacial score (nSPS) is 14.8. The topological polar surface area (TPSA) is 44.8 Å². The Morgan fingerprint density at radius 1 is 0.912 bits per heavy atom. The molecule has 0 fully saturated rings. The van der Waals surface area contributed by atoms with E-state index in [2.05, 4.69) is 20.8 Å². The fourth-order valence-electron chi connectivity index (χ4n) is 1.42. The molecule has 0 amide bonds. The zero-order chi connectivity index (χ0) is 28.4. The Morgan fingerprint density at radius 3 is 1.53 bits per heavy atom. The number of ether oxygens (including phenoxy) is 3. The average molecular weight is 546 g/mol. The average Bonchev–Trinajstić information content (AvgIpc) is 2.65. The van der Waals surface area contributed by atoms with E-state index in [9.17, 15) is 70.7 Å². The highest BCUT2D eigenvalue weighted by Crippen LogP contribution is 2.53. The number of esters is 1. The maximum Gasteiger partial charge on any atom is 0.452 e. The van der Waals surface area contributed by atoms with E-state index in [0.717, 1.165) is 0 Å². The summed E-state index contributed by atoms with van der Waals surface area (Å²) in [4.78, 5) is 10.4. The molecule has 1 atom stereocenters. The summed E-state index contributed by atoms with van der Waals surface area (Å²) >= 11 is 0. The van der Waals surface area contributed by atoms with Gasteiger partial charge in [0.2, 0.25) is 5.41 Å². The molecule has 0 aliphatic heterocycles. The predicted octanol–water partition coefficient (Wildman–Crippen LogP) is 6.17. The number of methoxy groups -OCH3 is 1. The van der Waals surface area contributed by atoms with Crippen molar-refractivity contribution in [1.29, 1.82) is 0 Å². The van der Waals surface area contributed by atoms with E-state index >= 15 is 0 Å². The van der Waals surface area contributed by atoms with Gasteiger partial charge in [-0.2, -0.15) is 39.5 Å². The summed E-state index contributed by atoms with van der Waals surface area (Å²) in [5, 5.41) is 0. The lowest BCUT2D eigenvalue weighted by atomic mass is 9.82. The summed E-state index contributed by atoms with van der Waals surface area (Å²) in [6.45, 7) is -2.39. The summed E-state index contributed by atoms with van der Waals surface area (Å²) < 4.78 is 190. The van der Waals surface area contributed by atoms with Crippen LogP contribution in [0.1, 0.15) is 6.92 Å². The van der Waals surface area contributed by atoms with Crippen LogP contribution >= 0.6 is 0 Å². The Labute approximate surface area is 181 Å². The molecule has 0 bridgehead atoms. The lowest BCUT2D eigenvalue weighted by Crippen LogP contribution is -2.57. The van der Waals surface area contributed by atoms with Crippen molar-refractivity contribution in [3.05, 3.63) is 12.7 Å². The van der Waals surface area contributed by atoms with Gasteiger partial charge in [0.15, 0.2) is 6.61 Å². The largest absolute Gasteiger partial charge is 0.453 e. The van der Waals surface area contributed by atoms with Gasteiger partial charge in [-0.1, -0.05) is 6.58 Å². The Morgan fingerprint density at radius 2 is 1.32 bits per heavy atom. The minimum Gasteiger partial charge on any atom is -0.453 e. The Bertz CT molecular complexity index is 600. The summed E-state index contributed by atoms with van der Waals surface area (Å²) in [5.74, 6) is -6.24. The lowest BCUT2D eigenvalue weighted by Gasteiger charge is -2.36. The lowest BCUT2D eigenvalue weighted by molar-refractivity contribution is -0.479. The number of rotatable bonds is 10. The van der Waals surface area contributed by atoms with E-state index < -0.39 is 61.5 Å². The van der Waals surface area contributed by atoms with Crippen molar-refractivity contribution in [3.63, 3.8) is 0 Å². The molecular formula is C15H17F15O4. The molecule has 0 aromatic rings. The summed E-state index contributed by atoms with van der Waals surface area (Å²) in [6.07, 6.45) is -25.8. The summed E-state index contributed by atoms with van der Waals surface area (Å²) in [6, 6.07) is 0. The molecule has 206 valence electrons. The van der Waals surface area contributed by atoms with Crippen LogP contribution in [0, 0.1) is 5.41 Å². The van der Waals surface area contributed by atoms with Gasteiger partial charge in [-0.3, -0.25) is 4.39 Å². The molecule has 0 aliphatic carbocycles. The van der Waals surface area contributed by atoms with E-state index in [1.54, 1.807) is 0 Å². The molecule has 19 heteroatoms. The number of hydrogen-bond donors (Lipinski definition) is 0. The number of carbonyl (C=O) groups is 1. The predicted molar refractivity (Wildman–Crippen MR) is 82.2 cm³/mol. The van der Waals surface area contributed by atoms with Crippen LogP contribution in [0.15, 0.2) is 12.7 Å². The van der Waals surface area contributed by atoms with Crippen LogP contribution in [0.4, 0.5) is 65.9 Å². The van der Waals surface area contributed by atoms with E-state index in [-0.39, 0.29) is 14.0 Å². The minimum atomic E-state index is -6.01. The van der Waals surface area contributed by atoms with Crippen molar-refractivity contribution in [2.24, 2.45) is 5.41 Å². The van der Waals surface area contributed by atoms with Crippen molar-refractivity contribution in [2.45, 2.75) is 43.8 Å². The quantitative estimate of drug-likeness (QED) is 0.187. The van der Waals surface area contributed by atoms with Crippen LogP contribution in [-0.2, 0) is 19.0 Å². The van der Waals surface area contributed by atoms with Gasteiger partial charge in [0.25, 0.3) is 12.3 Å². The van der Waals surface area contributed by atoms with Crippen LogP contribution in [0.2, 0.25) is 0 Å². The van der Waals surface area contributed by atoms with E-state index in [1.165, 1.54) is 0 Å². The molecule has 0 aromatic carbocycles. The number of carbonyl (C=O) groups excluding carboxylic acids is 1. The molecule has 0 saturated heterocycles. The first-order chi connectivity index (χ1) is 15.0. The summed E-state index contributed by atoms with van der Waals surface area (Å²) in [7, 11) is 0.674. The molecule has 0 spiro atoms. The third-order valence-corrected chi connectivity index (χ3v) is 3.29. The van der Waals surface area contributed by atoms with Crippen LogP contribution in [0.25, 0.3) is 0 Å². The molecule has 0 N–H and O–H groups in total. The van der Waals surface area contributed by atoms with Crippen LogP contribution in [0.3, 0.4) is 0 Å². The Kier molecular flexibility index (Phi) is 14.3. The Hall–Kier alpha value is -1.92. The Balaban J connectivity index is -0.000000541. The van der Waals surface area contributed by atoms with Crippen LogP contribution < -0.4 is 0 Å². The standard InChI is InChI=1S/C8H8F6O4.C6H6F8.CH3F/c1-3-5(15)17-4-6(9,10)18-8(13,14)7(11,12)16-2;1-4(10,11)5(2-7,3(8)9)6(12,13)14;1-2/h3H,1,4H2,2H3;3H,2H2,1H3;1H3. The van der Waals surface area contributed by atoms with Gasteiger partial charge in [-0.25, -0.2) is 31.5 Å². The van der Waals surface area contributed by atoms with Gasteiger partial charge in [0.1, 0.15) is 6.67 Å². The van der Waals surface area contributed by atoms with Crippen LogP contribution in [-0.4, -0.2) is 70.4 Å². The zero-order valence-electron chi connectivity index (χ0n) is 17.1. The van der Waals surface area contributed by atoms with Gasteiger partial charge in [-0.15, -0.1) is 0 Å². The number of hydrogen-bond acceptors (Lipinski definition) is 4. The monoisotopic (exact) mass is 546 g/mol. The zero-order valence-corrected chi connectivity index (χ0v) is 17.1. The highest BCUT2D eigenvalue weighted by atomic mass is 19.4. The molecule has 1 unspecified atom stereocenters. The van der Waals surface area contributed by atoms with Crippen molar-refractivity contribution in [1.82, 2.24) is 0 Å². The molecule has 34 heavy (non-hydrogen) atoms. The van der Waals surface area contributed by atoms with Gasteiger partial charge in [0, 0.05) is 20.1 Å². The smallest absolute Gasteiger partial charge is 0.452 e. The van der Waals surface area contributed by atoms with Crippen molar-refractivity contribution in [3.8, 4) is 0 Å². The number of alkyl halides is 15. The molecular weight excluding hydrogens is 529 g/mol.